The topological polar surface area (TPSA) is 64.2 Å². The van der Waals surface area contributed by atoms with Gasteiger partial charge in [-0.2, -0.15) is 5.10 Å². The Hall–Kier alpha value is -1.36. The highest BCUT2D eigenvalue weighted by atomic mass is 16.2. The smallest absolute Gasteiger partial charge is 0.272 e. The van der Waals surface area contributed by atoms with Crippen molar-refractivity contribution in [1.29, 1.82) is 0 Å². The Kier molecular flexibility index (Phi) is 3.14. The molecule has 15 heavy (non-hydrogen) atoms. The normalized spacial score (nSPS) is 11.5. The summed E-state index contributed by atoms with van der Waals surface area (Å²) < 4.78 is 1.56. The summed E-state index contributed by atoms with van der Waals surface area (Å²) >= 11 is 0. The molecule has 0 bridgehead atoms. The van der Waals surface area contributed by atoms with Gasteiger partial charge in [0.1, 0.15) is 5.69 Å². The van der Waals surface area contributed by atoms with Gasteiger partial charge in [-0.1, -0.05) is 0 Å². The molecule has 84 valence electrons. The van der Waals surface area contributed by atoms with Gasteiger partial charge in [0, 0.05) is 32.4 Å². The molecule has 0 aromatic carbocycles. The fraction of sp³-hybridized carbons (Fsp3) is 0.600. The maximum Gasteiger partial charge on any atom is 0.272 e. The summed E-state index contributed by atoms with van der Waals surface area (Å²) in [6, 6.07) is 1.70. The molecule has 0 atom stereocenters. The molecule has 1 amide bonds. The van der Waals surface area contributed by atoms with Crippen molar-refractivity contribution in [3.63, 3.8) is 0 Å². The molecule has 0 saturated heterocycles. The van der Waals surface area contributed by atoms with Crippen LogP contribution in [0.15, 0.2) is 12.3 Å². The average molecular weight is 210 g/mol. The van der Waals surface area contributed by atoms with Gasteiger partial charge in [0.15, 0.2) is 0 Å². The van der Waals surface area contributed by atoms with Gasteiger partial charge in [0.2, 0.25) is 0 Å². The standard InChI is InChI=1S/C10H18N4O/c1-10(2,7-11)13(3)9(15)8-5-6-12-14(8)4/h5-6H,7,11H2,1-4H3. The Bertz CT molecular complexity index is 356. The summed E-state index contributed by atoms with van der Waals surface area (Å²) in [7, 11) is 3.50. The maximum absolute atomic E-state index is 12.0. The third-order valence-electron chi connectivity index (χ3n) is 2.75. The summed E-state index contributed by atoms with van der Waals surface area (Å²) in [5.74, 6) is -0.0644. The SMILES string of the molecule is CN(C(=O)c1ccnn1C)C(C)(C)CN. The molecule has 0 fully saturated rings. The van der Waals surface area contributed by atoms with E-state index in [2.05, 4.69) is 5.10 Å². The van der Waals surface area contributed by atoms with Gasteiger partial charge in [-0.15, -0.1) is 0 Å². The highest BCUT2D eigenvalue weighted by Crippen LogP contribution is 2.13. The Morgan fingerprint density at radius 2 is 2.27 bits per heavy atom. The van der Waals surface area contributed by atoms with Crippen molar-refractivity contribution >= 4 is 5.91 Å². The summed E-state index contributed by atoms with van der Waals surface area (Å²) in [4.78, 5) is 13.7. The third-order valence-corrected chi connectivity index (χ3v) is 2.75. The minimum Gasteiger partial charge on any atom is -0.334 e. The number of hydrogen-bond donors (Lipinski definition) is 1. The van der Waals surface area contributed by atoms with E-state index in [1.165, 1.54) is 0 Å². The first-order chi connectivity index (χ1) is 6.90. The van der Waals surface area contributed by atoms with Gasteiger partial charge >= 0.3 is 0 Å². The van der Waals surface area contributed by atoms with E-state index in [4.69, 9.17) is 5.73 Å². The number of nitrogens with two attached hydrogens (primary N) is 1. The second-order valence-corrected chi connectivity index (χ2v) is 4.22. The number of rotatable bonds is 3. The lowest BCUT2D eigenvalue weighted by Gasteiger charge is -2.34. The van der Waals surface area contributed by atoms with Crippen LogP contribution in [0.3, 0.4) is 0 Å². The number of aromatic nitrogens is 2. The second kappa shape index (κ2) is 4.02. The van der Waals surface area contributed by atoms with E-state index in [9.17, 15) is 4.79 Å². The number of aryl methyl sites for hydroxylation is 1. The van der Waals surface area contributed by atoms with Crippen LogP contribution < -0.4 is 5.73 Å². The number of nitrogens with zero attached hydrogens (tertiary/aromatic N) is 3. The Morgan fingerprint density at radius 3 is 2.67 bits per heavy atom. The molecule has 1 rings (SSSR count). The van der Waals surface area contributed by atoms with Crippen molar-refractivity contribution in [2.45, 2.75) is 19.4 Å². The molecule has 0 aliphatic carbocycles. The largest absolute Gasteiger partial charge is 0.334 e. The lowest BCUT2D eigenvalue weighted by atomic mass is 10.0. The van der Waals surface area contributed by atoms with Crippen LogP contribution in [-0.4, -0.2) is 39.7 Å². The molecule has 1 aromatic heterocycles. The van der Waals surface area contributed by atoms with Crippen molar-refractivity contribution < 1.29 is 4.79 Å². The molecule has 0 radical (unpaired) electrons. The van der Waals surface area contributed by atoms with Crippen LogP contribution in [0.1, 0.15) is 24.3 Å². The van der Waals surface area contributed by atoms with Gasteiger partial charge in [-0.3, -0.25) is 9.48 Å². The Labute approximate surface area is 89.9 Å². The van der Waals surface area contributed by atoms with Gasteiger partial charge in [-0.25, -0.2) is 0 Å². The van der Waals surface area contributed by atoms with E-state index in [1.54, 1.807) is 35.9 Å². The fourth-order valence-electron chi connectivity index (χ4n) is 1.17. The minimum atomic E-state index is -0.346. The van der Waals surface area contributed by atoms with E-state index in [0.717, 1.165) is 0 Å². The first-order valence-electron chi connectivity index (χ1n) is 4.86. The summed E-state index contributed by atoms with van der Waals surface area (Å²) in [5.41, 5.74) is 5.84. The number of carbonyl (C=O) groups excluding carboxylic acids is 1. The van der Waals surface area contributed by atoms with Crippen molar-refractivity contribution in [3.8, 4) is 0 Å². The molecular weight excluding hydrogens is 192 g/mol. The first-order valence-corrected chi connectivity index (χ1v) is 4.86. The third kappa shape index (κ3) is 2.18. The van der Waals surface area contributed by atoms with Crippen molar-refractivity contribution in [1.82, 2.24) is 14.7 Å². The zero-order chi connectivity index (χ0) is 11.6. The molecule has 2 N–H and O–H groups in total. The highest BCUT2D eigenvalue weighted by molar-refractivity contribution is 5.92. The van der Waals surface area contributed by atoms with Gasteiger partial charge < -0.3 is 10.6 Å². The van der Waals surface area contributed by atoms with Crippen LogP contribution in [0.2, 0.25) is 0 Å². The molecule has 0 saturated carbocycles. The van der Waals surface area contributed by atoms with E-state index in [1.807, 2.05) is 13.8 Å². The Balaban J connectivity index is 2.92. The summed E-state index contributed by atoms with van der Waals surface area (Å²) in [6.45, 7) is 4.29. The van der Waals surface area contributed by atoms with Crippen LogP contribution in [0.25, 0.3) is 0 Å². The molecule has 0 aliphatic rings. The van der Waals surface area contributed by atoms with E-state index >= 15 is 0 Å². The zero-order valence-electron chi connectivity index (χ0n) is 9.69. The van der Waals surface area contributed by atoms with Crippen LogP contribution in [0.4, 0.5) is 0 Å². The molecule has 0 aliphatic heterocycles. The van der Waals surface area contributed by atoms with Crippen molar-refractivity contribution in [2.75, 3.05) is 13.6 Å². The van der Waals surface area contributed by atoms with Crippen LogP contribution >= 0.6 is 0 Å². The predicted octanol–water partition coefficient (Wildman–Crippen LogP) is 0.229. The summed E-state index contributed by atoms with van der Waals surface area (Å²) in [5, 5.41) is 3.97. The predicted molar refractivity (Wildman–Crippen MR) is 58.4 cm³/mol. The van der Waals surface area contributed by atoms with Gasteiger partial charge in [-0.05, 0) is 19.9 Å². The lowest BCUT2D eigenvalue weighted by molar-refractivity contribution is 0.0629. The zero-order valence-corrected chi connectivity index (χ0v) is 9.69. The Morgan fingerprint density at radius 1 is 1.67 bits per heavy atom. The molecule has 0 unspecified atom stereocenters. The van der Waals surface area contributed by atoms with Crippen LogP contribution in [0, 0.1) is 0 Å². The van der Waals surface area contributed by atoms with E-state index in [-0.39, 0.29) is 11.4 Å². The molecule has 5 nitrogen and oxygen atoms in total. The molecule has 5 heteroatoms. The number of carbonyl (C=O) groups is 1. The molecular formula is C10H18N4O. The minimum absolute atomic E-state index is 0.0644. The fourth-order valence-corrected chi connectivity index (χ4v) is 1.17. The average Bonchev–Trinajstić information content (AvgIpc) is 2.62. The molecule has 0 spiro atoms. The van der Waals surface area contributed by atoms with Gasteiger partial charge in [0.05, 0.1) is 0 Å². The summed E-state index contributed by atoms with van der Waals surface area (Å²) in [6.07, 6.45) is 1.61. The maximum atomic E-state index is 12.0. The van der Waals surface area contributed by atoms with Crippen LogP contribution in [0.5, 0.6) is 0 Å². The second-order valence-electron chi connectivity index (χ2n) is 4.22. The van der Waals surface area contributed by atoms with E-state index in [0.29, 0.717) is 12.2 Å². The quantitative estimate of drug-likeness (QED) is 0.776. The lowest BCUT2D eigenvalue weighted by Crippen LogP contribution is -2.50. The number of amides is 1. The van der Waals surface area contributed by atoms with E-state index < -0.39 is 0 Å². The molecule has 1 heterocycles. The number of likely N-dealkylation sites (N-methyl/N-ethyl adjacent to an activating group) is 1. The van der Waals surface area contributed by atoms with Gasteiger partial charge in [0.25, 0.3) is 5.91 Å². The van der Waals surface area contributed by atoms with Crippen molar-refractivity contribution in [3.05, 3.63) is 18.0 Å². The van der Waals surface area contributed by atoms with Crippen molar-refractivity contribution in [2.24, 2.45) is 12.8 Å². The molecule has 1 aromatic rings. The monoisotopic (exact) mass is 210 g/mol. The number of hydrogen-bond acceptors (Lipinski definition) is 3. The highest BCUT2D eigenvalue weighted by Gasteiger charge is 2.28. The first kappa shape index (κ1) is 11.7. The van der Waals surface area contributed by atoms with Crippen LogP contribution in [-0.2, 0) is 7.05 Å².